The molecular weight excluding hydrogens is 329 g/mol. The Kier molecular flexibility index (Phi) is 6.75. The molecule has 5 nitrogen and oxygen atoms in total. The topological polar surface area (TPSA) is 62.7 Å². The zero-order valence-electron chi connectivity index (χ0n) is 15.5. The summed E-state index contributed by atoms with van der Waals surface area (Å²) in [6.07, 6.45) is 11.7. The van der Waals surface area contributed by atoms with E-state index in [0.717, 1.165) is 37.3 Å². The van der Waals surface area contributed by atoms with Gasteiger partial charge in [0.15, 0.2) is 0 Å². The lowest BCUT2D eigenvalue weighted by molar-refractivity contribution is 0.373. The maximum Gasteiger partial charge on any atom is 0.224 e. The van der Waals surface area contributed by atoms with Crippen molar-refractivity contribution in [1.29, 1.82) is 0 Å². The van der Waals surface area contributed by atoms with Crippen molar-refractivity contribution in [2.24, 2.45) is 5.92 Å². The Balaban J connectivity index is 1.78. The molecule has 3 rings (SSSR count). The summed E-state index contributed by atoms with van der Waals surface area (Å²) in [7, 11) is 0. The summed E-state index contributed by atoms with van der Waals surface area (Å²) in [5.41, 5.74) is 1.49. The summed E-state index contributed by atoms with van der Waals surface area (Å²) in [5.74, 6) is 1.73. The molecule has 2 N–H and O–H groups in total. The van der Waals surface area contributed by atoms with Gasteiger partial charge < -0.3 is 10.6 Å². The number of unbranched alkanes of at least 4 members (excludes halogenated alkanes) is 1. The van der Waals surface area contributed by atoms with E-state index in [2.05, 4.69) is 32.5 Å². The molecule has 2 aromatic heterocycles. The maximum atomic E-state index is 13.2. The third-order valence-electron chi connectivity index (χ3n) is 4.89. The molecule has 1 saturated carbocycles. The fraction of sp³-hybridized carbons (Fsp3) is 0.550. The standard InChI is InChI=1S/C20H28FN5/c1-2-3-11-22-20-25-14-17(18-10-9-16(21)13-23-18)19(26-20)24-12-15-7-5-4-6-8-15/h9-10,13-15H,2-8,11-12H2,1H3,(H2,22,24,25,26). The van der Waals surface area contributed by atoms with Gasteiger partial charge in [0.2, 0.25) is 5.95 Å². The number of nitrogens with one attached hydrogen (secondary N) is 2. The molecule has 0 unspecified atom stereocenters. The van der Waals surface area contributed by atoms with Gasteiger partial charge in [0.1, 0.15) is 11.6 Å². The van der Waals surface area contributed by atoms with Crippen LogP contribution in [0.5, 0.6) is 0 Å². The largest absolute Gasteiger partial charge is 0.369 e. The van der Waals surface area contributed by atoms with Crippen molar-refractivity contribution < 1.29 is 4.39 Å². The number of pyridine rings is 1. The van der Waals surface area contributed by atoms with Crippen molar-refractivity contribution in [3.8, 4) is 11.3 Å². The predicted molar refractivity (Wildman–Crippen MR) is 104 cm³/mol. The first-order chi connectivity index (χ1) is 12.8. The van der Waals surface area contributed by atoms with Crippen LogP contribution < -0.4 is 10.6 Å². The summed E-state index contributed by atoms with van der Waals surface area (Å²) >= 11 is 0. The van der Waals surface area contributed by atoms with Crippen LogP contribution in [0.1, 0.15) is 51.9 Å². The van der Waals surface area contributed by atoms with Crippen LogP contribution in [0.4, 0.5) is 16.2 Å². The zero-order valence-corrected chi connectivity index (χ0v) is 15.5. The minimum atomic E-state index is -0.343. The van der Waals surface area contributed by atoms with Crippen molar-refractivity contribution in [2.45, 2.75) is 51.9 Å². The van der Waals surface area contributed by atoms with Crippen LogP contribution >= 0.6 is 0 Å². The Hall–Kier alpha value is -2.24. The monoisotopic (exact) mass is 357 g/mol. The second kappa shape index (κ2) is 9.46. The second-order valence-electron chi connectivity index (χ2n) is 6.98. The van der Waals surface area contributed by atoms with Gasteiger partial charge in [-0.15, -0.1) is 0 Å². The molecular formula is C20H28FN5. The summed E-state index contributed by atoms with van der Waals surface area (Å²) in [5, 5.41) is 6.77. The number of hydrogen-bond donors (Lipinski definition) is 2. The molecule has 1 aliphatic rings. The van der Waals surface area contributed by atoms with Gasteiger partial charge in [0.25, 0.3) is 0 Å². The lowest BCUT2D eigenvalue weighted by atomic mass is 9.89. The van der Waals surface area contributed by atoms with Crippen LogP contribution in [0.25, 0.3) is 11.3 Å². The minimum absolute atomic E-state index is 0.343. The van der Waals surface area contributed by atoms with Gasteiger partial charge in [-0.3, -0.25) is 4.98 Å². The molecule has 2 aromatic rings. The Bertz CT molecular complexity index is 683. The molecule has 0 bridgehead atoms. The Morgan fingerprint density at radius 3 is 2.65 bits per heavy atom. The summed E-state index contributed by atoms with van der Waals surface area (Å²) in [4.78, 5) is 13.3. The minimum Gasteiger partial charge on any atom is -0.369 e. The van der Waals surface area contributed by atoms with E-state index in [9.17, 15) is 4.39 Å². The average Bonchev–Trinajstić information content (AvgIpc) is 2.68. The fourth-order valence-electron chi connectivity index (χ4n) is 3.33. The van der Waals surface area contributed by atoms with E-state index in [0.29, 0.717) is 17.6 Å². The molecule has 140 valence electrons. The number of aromatic nitrogens is 3. The second-order valence-corrected chi connectivity index (χ2v) is 6.98. The Morgan fingerprint density at radius 1 is 1.08 bits per heavy atom. The van der Waals surface area contributed by atoms with E-state index in [1.807, 2.05) is 0 Å². The maximum absolute atomic E-state index is 13.2. The van der Waals surface area contributed by atoms with Crippen molar-refractivity contribution >= 4 is 11.8 Å². The molecule has 0 radical (unpaired) electrons. The summed E-state index contributed by atoms with van der Waals surface area (Å²) in [6.45, 7) is 3.91. The third kappa shape index (κ3) is 5.13. The average molecular weight is 357 g/mol. The van der Waals surface area contributed by atoms with Crippen molar-refractivity contribution in [3.05, 3.63) is 30.3 Å². The van der Waals surface area contributed by atoms with E-state index in [4.69, 9.17) is 0 Å². The lowest BCUT2D eigenvalue weighted by Crippen LogP contribution is -2.18. The highest BCUT2D eigenvalue weighted by molar-refractivity contribution is 5.72. The van der Waals surface area contributed by atoms with Crippen LogP contribution in [0.15, 0.2) is 24.5 Å². The fourth-order valence-corrected chi connectivity index (χ4v) is 3.33. The van der Waals surface area contributed by atoms with Crippen molar-refractivity contribution in [2.75, 3.05) is 23.7 Å². The first-order valence-corrected chi connectivity index (χ1v) is 9.73. The smallest absolute Gasteiger partial charge is 0.224 e. The van der Waals surface area contributed by atoms with Crippen LogP contribution in [-0.4, -0.2) is 28.0 Å². The molecule has 0 saturated heterocycles. The van der Waals surface area contributed by atoms with Gasteiger partial charge in [0.05, 0.1) is 17.5 Å². The molecule has 0 atom stereocenters. The number of anilines is 2. The molecule has 26 heavy (non-hydrogen) atoms. The van der Waals surface area contributed by atoms with Crippen LogP contribution in [0.3, 0.4) is 0 Å². The summed E-state index contributed by atoms with van der Waals surface area (Å²) < 4.78 is 13.2. The summed E-state index contributed by atoms with van der Waals surface area (Å²) in [6, 6.07) is 3.09. The first-order valence-electron chi connectivity index (χ1n) is 9.73. The van der Waals surface area contributed by atoms with Gasteiger partial charge in [-0.05, 0) is 37.3 Å². The van der Waals surface area contributed by atoms with Gasteiger partial charge in [-0.1, -0.05) is 32.6 Å². The molecule has 1 aliphatic carbocycles. The predicted octanol–water partition coefficient (Wildman–Crippen LogP) is 4.88. The van der Waals surface area contributed by atoms with Crippen LogP contribution in [0.2, 0.25) is 0 Å². The number of hydrogen-bond acceptors (Lipinski definition) is 5. The van der Waals surface area contributed by atoms with E-state index in [-0.39, 0.29) is 5.82 Å². The number of halogens is 1. The van der Waals surface area contributed by atoms with Gasteiger partial charge >= 0.3 is 0 Å². The van der Waals surface area contributed by atoms with Gasteiger partial charge in [-0.2, -0.15) is 4.98 Å². The molecule has 2 heterocycles. The number of rotatable bonds is 8. The Labute approximate surface area is 154 Å². The quantitative estimate of drug-likeness (QED) is 0.659. The van der Waals surface area contributed by atoms with Gasteiger partial charge in [0, 0.05) is 19.3 Å². The number of nitrogens with zero attached hydrogens (tertiary/aromatic N) is 3. The molecule has 1 fully saturated rings. The Morgan fingerprint density at radius 2 is 1.92 bits per heavy atom. The molecule has 0 aromatic carbocycles. The van der Waals surface area contributed by atoms with E-state index < -0.39 is 0 Å². The SMILES string of the molecule is CCCCNc1ncc(-c2ccc(F)cn2)c(NCC2CCCCC2)n1. The third-order valence-corrected chi connectivity index (χ3v) is 4.89. The lowest BCUT2D eigenvalue weighted by Gasteiger charge is -2.22. The molecule has 0 amide bonds. The first kappa shape index (κ1) is 18.5. The van der Waals surface area contributed by atoms with Crippen molar-refractivity contribution in [3.63, 3.8) is 0 Å². The normalized spacial score (nSPS) is 15.0. The van der Waals surface area contributed by atoms with E-state index in [1.54, 1.807) is 12.3 Å². The van der Waals surface area contributed by atoms with Crippen LogP contribution in [-0.2, 0) is 0 Å². The zero-order chi connectivity index (χ0) is 18.2. The molecule has 6 heteroatoms. The molecule has 0 aliphatic heterocycles. The van der Waals surface area contributed by atoms with Gasteiger partial charge in [-0.25, -0.2) is 9.37 Å². The molecule has 0 spiro atoms. The highest BCUT2D eigenvalue weighted by Gasteiger charge is 2.16. The highest BCUT2D eigenvalue weighted by Crippen LogP contribution is 2.28. The highest BCUT2D eigenvalue weighted by atomic mass is 19.1. The van der Waals surface area contributed by atoms with E-state index in [1.165, 1.54) is 44.4 Å². The van der Waals surface area contributed by atoms with Crippen LogP contribution in [0, 0.1) is 11.7 Å². The van der Waals surface area contributed by atoms with Crippen molar-refractivity contribution in [1.82, 2.24) is 15.0 Å². The van der Waals surface area contributed by atoms with E-state index >= 15 is 0 Å².